The highest BCUT2D eigenvalue weighted by molar-refractivity contribution is 8.76. The van der Waals surface area contributed by atoms with Crippen molar-refractivity contribution in [3.63, 3.8) is 0 Å². The van der Waals surface area contributed by atoms with E-state index in [0.29, 0.717) is 24.6 Å². The summed E-state index contributed by atoms with van der Waals surface area (Å²) in [4.78, 5) is 23.4. The average Bonchev–Trinajstić information content (AvgIpc) is 2.98. The van der Waals surface area contributed by atoms with Crippen molar-refractivity contribution in [2.24, 2.45) is 0 Å². The van der Waals surface area contributed by atoms with Gasteiger partial charge in [-0.2, -0.15) is 0 Å². The number of aliphatic hydroxyl groups excluding tert-OH is 8. The fourth-order valence-corrected chi connectivity index (χ4v) is 5.43. The third-order valence-electron chi connectivity index (χ3n) is 5.89. The standard InChI is InChI=1S/C22H40N2O16S2/c25-9-11-13(27)15(29)17(31)19(39-11)35-3-5-37-21(33)23-1-7-41-42-8-2-24-22(34)38-6-4-36-20-18(32)16(30)14(28)12(10-26)40-20/h11-20,25-32H,1-10H2,(H,23,33)(H,24,34)/t11?,12?,13-,14-,15-,16-,17?,18?,19+,20+/m0/s1. The van der Waals surface area contributed by atoms with Gasteiger partial charge < -0.3 is 79.9 Å². The Bertz CT molecular complexity index is 725. The van der Waals surface area contributed by atoms with Crippen molar-refractivity contribution in [2.45, 2.75) is 61.4 Å². The largest absolute Gasteiger partial charge is 0.447 e. The van der Waals surface area contributed by atoms with Gasteiger partial charge in [-0.3, -0.25) is 0 Å². The molecule has 2 amide bonds. The van der Waals surface area contributed by atoms with Crippen molar-refractivity contribution < 1.29 is 78.9 Å². The first kappa shape index (κ1) is 36.9. The highest BCUT2D eigenvalue weighted by atomic mass is 33.1. The van der Waals surface area contributed by atoms with Crippen molar-refractivity contribution in [3.05, 3.63) is 0 Å². The number of nitrogens with one attached hydrogen (secondary N) is 2. The predicted octanol–water partition coefficient (Wildman–Crippen LogP) is -4.55. The predicted molar refractivity (Wildman–Crippen MR) is 143 cm³/mol. The number of rotatable bonds is 17. The van der Waals surface area contributed by atoms with Crippen molar-refractivity contribution in [1.82, 2.24) is 10.6 Å². The zero-order chi connectivity index (χ0) is 31.1. The van der Waals surface area contributed by atoms with E-state index in [1.165, 1.54) is 21.6 Å². The van der Waals surface area contributed by atoms with Crippen LogP contribution in [0.3, 0.4) is 0 Å². The molecule has 246 valence electrons. The Morgan fingerprint density at radius 3 is 1.33 bits per heavy atom. The van der Waals surface area contributed by atoms with Gasteiger partial charge in [0.25, 0.3) is 0 Å². The normalized spacial score (nSPS) is 33.1. The quantitative estimate of drug-likeness (QED) is 0.0523. The summed E-state index contributed by atoms with van der Waals surface area (Å²) in [5, 5.41) is 82.0. The van der Waals surface area contributed by atoms with E-state index in [2.05, 4.69) is 10.6 Å². The van der Waals surface area contributed by atoms with Crippen molar-refractivity contribution >= 4 is 33.8 Å². The summed E-state index contributed by atoms with van der Waals surface area (Å²) >= 11 is 0. The number of alkyl carbamates (subject to hydrolysis) is 2. The summed E-state index contributed by atoms with van der Waals surface area (Å²) < 4.78 is 30.6. The van der Waals surface area contributed by atoms with Crippen LogP contribution < -0.4 is 10.6 Å². The lowest BCUT2D eigenvalue weighted by atomic mass is 9.99. The summed E-state index contributed by atoms with van der Waals surface area (Å²) in [6, 6.07) is 0. The van der Waals surface area contributed by atoms with E-state index in [1.807, 2.05) is 0 Å². The second kappa shape index (κ2) is 19.9. The van der Waals surface area contributed by atoms with Gasteiger partial charge in [0.2, 0.25) is 0 Å². The molecule has 0 aromatic carbocycles. The Labute approximate surface area is 248 Å². The Morgan fingerprint density at radius 2 is 0.976 bits per heavy atom. The Hall–Kier alpha value is -1.24. The van der Waals surface area contributed by atoms with Gasteiger partial charge in [0.1, 0.15) is 62.0 Å². The van der Waals surface area contributed by atoms with Crippen LogP contribution in [0.2, 0.25) is 0 Å². The minimum Gasteiger partial charge on any atom is -0.447 e. The van der Waals surface area contributed by atoms with Crippen molar-refractivity contribution in [3.8, 4) is 0 Å². The van der Waals surface area contributed by atoms with Crippen LogP contribution in [0.25, 0.3) is 0 Å². The van der Waals surface area contributed by atoms with Gasteiger partial charge >= 0.3 is 12.2 Å². The van der Waals surface area contributed by atoms with Gasteiger partial charge in [0.15, 0.2) is 12.6 Å². The molecule has 0 spiro atoms. The Kier molecular flexibility index (Phi) is 17.5. The maximum Gasteiger partial charge on any atom is 0.407 e. The first-order chi connectivity index (χ1) is 20.1. The maximum absolute atomic E-state index is 11.7. The Morgan fingerprint density at radius 1 is 0.595 bits per heavy atom. The molecule has 2 aliphatic rings. The molecule has 42 heavy (non-hydrogen) atoms. The van der Waals surface area contributed by atoms with Gasteiger partial charge in [-0.15, -0.1) is 0 Å². The lowest BCUT2D eigenvalue weighted by Crippen LogP contribution is -2.59. The molecule has 2 heterocycles. The molecule has 10 atom stereocenters. The Balaban J connectivity index is 1.41. The van der Waals surface area contributed by atoms with Gasteiger partial charge in [-0.25, -0.2) is 9.59 Å². The first-order valence-corrected chi connectivity index (χ1v) is 15.5. The van der Waals surface area contributed by atoms with E-state index in [-0.39, 0.29) is 26.4 Å². The third-order valence-corrected chi connectivity index (χ3v) is 8.30. The molecular weight excluding hydrogens is 612 g/mol. The smallest absolute Gasteiger partial charge is 0.407 e. The fraction of sp³-hybridized carbons (Fsp3) is 0.909. The molecule has 10 N–H and O–H groups in total. The SMILES string of the molecule is O=C(NCCSSCCNC(=O)OCCO[C@@H]1OC(CO)[C@H](O)[C@H](O)C1O)OCCO[C@@H]1OC(CO)[C@H](O)[C@H](O)C1O. The zero-order valence-electron chi connectivity index (χ0n) is 22.5. The second-order valence-corrected chi connectivity index (χ2v) is 11.6. The van der Waals surface area contributed by atoms with Gasteiger partial charge in [-0.05, 0) is 0 Å². The second-order valence-electron chi connectivity index (χ2n) is 8.91. The van der Waals surface area contributed by atoms with Crippen LogP contribution in [0.5, 0.6) is 0 Å². The molecule has 0 aromatic rings. The summed E-state index contributed by atoms with van der Waals surface area (Å²) in [6.45, 7) is -1.25. The van der Waals surface area contributed by atoms with Crippen LogP contribution in [0, 0.1) is 0 Å². The van der Waals surface area contributed by atoms with E-state index >= 15 is 0 Å². The van der Waals surface area contributed by atoms with E-state index in [9.17, 15) is 40.2 Å². The minimum absolute atomic E-state index is 0.165. The number of hydrogen-bond donors (Lipinski definition) is 10. The van der Waals surface area contributed by atoms with Crippen LogP contribution in [-0.4, -0.2) is 179 Å². The molecule has 0 aliphatic carbocycles. The minimum atomic E-state index is -1.56. The monoisotopic (exact) mass is 652 g/mol. The molecule has 0 bridgehead atoms. The number of carbonyl (C=O) groups is 2. The lowest BCUT2D eigenvalue weighted by molar-refractivity contribution is -0.302. The lowest BCUT2D eigenvalue weighted by Gasteiger charge is -2.39. The molecule has 0 aromatic heterocycles. The molecule has 18 nitrogen and oxygen atoms in total. The molecule has 20 heteroatoms. The molecule has 4 unspecified atom stereocenters. The topological polar surface area (TPSA) is 275 Å². The molecule has 2 fully saturated rings. The summed E-state index contributed by atoms with van der Waals surface area (Å²) in [7, 11) is 2.89. The van der Waals surface area contributed by atoms with Gasteiger partial charge in [0, 0.05) is 24.6 Å². The third kappa shape index (κ3) is 12.0. The highest BCUT2D eigenvalue weighted by Crippen LogP contribution is 2.23. The van der Waals surface area contributed by atoms with Crippen molar-refractivity contribution in [2.75, 3.05) is 64.2 Å². The van der Waals surface area contributed by atoms with Crippen LogP contribution in [-0.2, 0) is 28.4 Å². The van der Waals surface area contributed by atoms with Crippen molar-refractivity contribution in [1.29, 1.82) is 0 Å². The average molecular weight is 653 g/mol. The molecule has 0 radical (unpaired) electrons. The highest BCUT2D eigenvalue weighted by Gasteiger charge is 2.45. The molecular formula is C22H40N2O16S2. The van der Waals surface area contributed by atoms with E-state index in [0.717, 1.165) is 0 Å². The number of amides is 2. The molecule has 2 rings (SSSR count). The number of aliphatic hydroxyl groups is 8. The van der Waals surface area contributed by atoms with Gasteiger partial charge in [0.05, 0.1) is 26.4 Å². The number of hydrogen-bond acceptors (Lipinski definition) is 18. The summed E-state index contributed by atoms with van der Waals surface area (Å²) in [6.07, 6.45) is -15.4. The van der Waals surface area contributed by atoms with Crippen LogP contribution in [0.15, 0.2) is 0 Å². The number of carbonyl (C=O) groups excluding carboxylic acids is 2. The molecule has 0 saturated carbocycles. The summed E-state index contributed by atoms with van der Waals surface area (Å²) in [5.74, 6) is 1.09. The van der Waals surface area contributed by atoms with Gasteiger partial charge in [-0.1, -0.05) is 21.6 Å². The van der Waals surface area contributed by atoms with Crippen LogP contribution >= 0.6 is 21.6 Å². The van der Waals surface area contributed by atoms with E-state index in [1.54, 1.807) is 0 Å². The zero-order valence-corrected chi connectivity index (χ0v) is 24.1. The van der Waals surface area contributed by atoms with E-state index < -0.39 is 86.8 Å². The van der Waals surface area contributed by atoms with Crippen LogP contribution in [0.4, 0.5) is 9.59 Å². The first-order valence-electron chi connectivity index (χ1n) is 13.0. The molecule has 2 saturated heterocycles. The fourth-order valence-electron chi connectivity index (χ4n) is 3.62. The van der Waals surface area contributed by atoms with E-state index in [4.69, 9.17) is 38.6 Å². The molecule has 2 aliphatic heterocycles. The maximum atomic E-state index is 11.7. The number of ether oxygens (including phenoxy) is 6. The summed E-state index contributed by atoms with van der Waals surface area (Å²) in [5.41, 5.74) is 0. The van der Waals surface area contributed by atoms with Crippen LogP contribution in [0.1, 0.15) is 0 Å².